The highest BCUT2D eigenvalue weighted by Gasteiger charge is 2.37. The number of nitrogens with one attached hydrogen (secondary N) is 1. The summed E-state index contributed by atoms with van der Waals surface area (Å²) >= 11 is 0. The number of para-hydroxylation sites is 1. The van der Waals surface area contributed by atoms with Crippen LogP contribution in [0.5, 0.6) is 0 Å². The van der Waals surface area contributed by atoms with E-state index in [1.807, 2.05) is 28.8 Å². The van der Waals surface area contributed by atoms with Gasteiger partial charge in [-0.1, -0.05) is 12.1 Å². The molecule has 2 atom stereocenters. The van der Waals surface area contributed by atoms with Crippen molar-refractivity contribution in [3.05, 3.63) is 46.8 Å². The first kappa shape index (κ1) is 14.5. The molecule has 1 aromatic carbocycles. The van der Waals surface area contributed by atoms with Gasteiger partial charge in [-0.05, 0) is 37.9 Å². The molecule has 0 aliphatic carbocycles. The number of nitrogens with zero attached hydrogens (tertiary/aromatic N) is 2. The van der Waals surface area contributed by atoms with Gasteiger partial charge in [-0.25, -0.2) is 0 Å². The quantitative estimate of drug-likeness (QED) is 0.911. The van der Waals surface area contributed by atoms with E-state index in [0.29, 0.717) is 24.0 Å². The molecule has 0 radical (unpaired) electrons. The fraction of sp³-hybridized carbons (Fsp3) is 0.444. The Balaban J connectivity index is 1.64. The van der Waals surface area contributed by atoms with Gasteiger partial charge in [-0.3, -0.25) is 9.59 Å². The standard InChI is InChI=1S/C18H21N3O2/c22-17-8-10-20(16-4-2-1-3-15(16)17)12-18(23)21-13-5-6-14(21)11-19-9-7-13/h1-4,8,10,13-14,19H,5-7,9,11-12H2. The Kier molecular flexibility index (Phi) is 3.65. The van der Waals surface area contributed by atoms with Crippen molar-refractivity contribution in [2.45, 2.75) is 37.9 Å². The van der Waals surface area contributed by atoms with E-state index in [1.54, 1.807) is 12.3 Å². The van der Waals surface area contributed by atoms with Crippen molar-refractivity contribution < 1.29 is 4.79 Å². The second kappa shape index (κ2) is 5.81. The fourth-order valence-corrected chi connectivity index (χ4v) is 4.01. The smallest absolute Gasteiger partial charge is 0.243 e. The van der Waals surface area contributed by atoms with Gasteiger partial charge in [-0.15, -0.1) is 0 Å². The highest BCUT2D eigenvalue weighted by Crippen LogP contribution is 2.28. The van der Waals surface area contributed by atoms with Gasteiger partial charge in [0.15, 0.2) is 5.43 Å². The van der Waals surface area contributed by atoms with E-state index in [0.717, 1.165) is 37.9 Å². The lowest BCUT2D eigenvalue weighted by atomic mass is 10.1. The predicted molar refractivity (Wildman–Crippen MR) is 89.4 cm³/mol. The van der Waals surface area contributed by atoms with Crippen LogP contribution in [0.4, 0.5) is 0 Å². The number of fused-ring (bicyclic) bond motifs is 3. The van der Waals surface area contributed by atoms with Gasteiger partial charge < -0.3 is 14.8 Å². The molecule has 2 unspecified atom stereocenters. The number of rotatable bonds is 2. The first-order valence-electron chi connectivity index (χ1n) is 8.34. The van der Waals surface area contributed by atoms with Crippen LogP contribution in [-0.2, 0) is 11.3 Å². The van der Waals surface area contributed by atoms with Crippen LogP contribution in [-0.4, -0.2) is 40.5 Å². The lowest BCUT2D eigenvalue weighted by molar-refractivity contribution is -0.134. The van der Waals surface area contributed by atoms with Gasteiger partial charge in [0.2, 0.25) is 5.91 Å². The lowest BCUT2D eigenvalue weighted by Crippen LogP contribution is -2.44. The third-order valence-electron chi connectivity index (χ3n) is 5.13. The third-order valence-corrected chi connectivity index (χ3v) is 5.13. The van der Waals surface area contributed by atoms with Gasteiger partial charge in [0, 0.05) is 36.3 Å². The molecule has 2 bridgehead atoms. The van der Waals surface area contributed by atoms with Gasteiger partial charge in [0.25, 0.3) is 0 Å². The monoisotopic (exact) mass is 311 g/mol. The Bertz CT molecular complexity index is 784. The Morgan fingerprint density at radius 3 is 2.87 bits per heavy atom. The summed E-state index contributed by atoms with van der Waals surface area (Å²) in [7, 11) is 0. The third kappa shape index (κ3) is 2.55. The topological polar surface area (TPSA) is 54.3 Å². The summed E-state index contributed by atoms with van der Waals surface area (Å²) in [4.78, 5) is 27.0. The molecule has 23 heavy (non-hydrogen) atoms. The van der Waals surface area contributed by atoms with Gasteiger partial charge >= 0.3 is 0 Å². The van der Waals surface area contributed by atoms with Crippen molar-refractivity contribution in [1.82, 2.24) is 14.8 Å². The number of pyridine rings is 1. The first-order valence-corrected chi connectivity index (χ1v) is 8.34. The summed E-state index contributed by atoms with van der Waals surface area (Å²) in [6, 6.07) is 9.72. The zero-order valence-electron chi connectivity index (χ0n) is 13.1. The molecule has 5 heteroatoms. The molecule has 2 fully saturated rings. The lowest BCUT2D eigenvalue weighted by Gasteiger charge is -2.28. The predicted octanol–water partition coefficient (Wildman–Crippen LogP) is 1.35. The Hall–Kier alpha value is -2.14. The summed E-state index contributed by atoms with van der Waals surface area (Å²) in [5.41, 5.74) is 0.831. The minimum Gasteiger partial charge on any atom is -0.338 e. The van der Waals surface area contributed by atoms with Crippen LogP contribution in [0.25, 0.3) is 10.9 Å². The maximum absolute atomic E-state index is 12.9. The molecule has 0 spiro atoms. The van der Waals surface area contributed by atoms with Crippen LogP contribution >= 0.6 is 0 Å². The Morgan fingerprint density at radius 2 is 1.96 bits per heavy atom. The number of aromatic nitrogens is 1. The average Bonchev–Trinajstić information content (AvgIpc) is 2.83. The van der Waals surface area contributed by atoms with Crippen molar-refractivity contribution in [2.24, 2.45) is 0 Å². The normalized spacial score (nSPS) is 23.9. The molecule has 0 saturated carbocycles. The van der Waals surface area contributed by atoms with Gasteiger partial charge in [0.05, 0.1) is 5.52 Å². The molecule has 2 aliphatic heterocycles. The zero-order valence-corrected chi connectivity index (χ0v) is 13.1. The molecule has 1 aromatic heterocycles. The molecule has 2 aliphatic rings. The maximum Gasteiger partial charge on any atom is 0.243 e. The fourth-order valence-electron chi connectivity index (χ4n) is 4.01. The van der Waals surface area contributed by atoms with E-state index in [9.17, 15) is 9.59 Å². The first-order chi connectivity index (χ1) is 11.2. The van der Waals surface area contributed by atoms with E-state index >= 15 is 0 Å². The summed E-state index contributed by atoms with van der Waals surface area (Å²) in [5, 5.41) is 4.09. The van der Waals surface area contributed by atoms with Crippen molar-refractivity contribution in [3.63, 3.8) is 0 Å². The second-order valence-corrected chi connectivity index (χ2v) is 6.50. The highest BCUT2D eigenvalue weighted by atomic mass is 16.2. The van der Waals surface area contributed by atoms with Crippen molar-refractivity contribution in [1.29, 1.82) is 0 Å². The van der Waals surface area contributed by atoms with Crippen LogP contribution in [0.3, 0.4) is 0 Å². The average molecular weight is 311 g/mol. The van der Waals surface area contributed by atoms with Crippen LogP contribution < -0.4 is 10.7 Å². The molecule has 1 N–H and O–H groups in total. The van der Waals surface area contributed by atoms with Crippen molar-refractivity contribution in [2.75, 3.05) is 13.1 Å². The number of hydrogen-bond acceptors (Lipinski definition) is 3. The number of carbonyl (C=O) groups excluding carboxylic acids is 1. The van der Waals surface area contributed by atoms with Crippen LogP contribution in [0.2, 0.25) is 0 Å². The summed E-state index contributed by atoms with van der Waals surface area (Å²) in [6.07, 6.45) is 4.98. The molecular weight excluding hydrogens is 290 g/mol. The van der Waals surface area contributed by atoms with Crippen LogP contribution in [0.15, 0.2) is 41.3 Å². The Labute approximate surface area is 134 Å². The maximum atomic E-state index is 12.9. The molecule has 2 aromatic rings. The van der Waals surface area contributed by atoms with Gasteiger partial charge in [-0.2, -0.15) is 0 Å². The molecule has 3 heterocycles. The molecule has 1 amide bonds. The molecule has 120 valence electrons. The number of amides is 1. The minimum absolute atomic E-state index is 0.00309. The molecule has 2 saturated heterocycles. The Morgan fingerprint density at radius 1 is 1.13 bits per heavy atom. The van der Waals surface area contributed by atoms with E-state index < -0.39 is 0 Å². The van der Waals surface area contributed by atoms with E-state index in [-0.39, 0.29) is 11.3 Å². The van der Waals surface area contributed by atoms with Crippen molar-refractivity contribution >= 4 is 16.8 Å². The van der Waals surface area contributed by atoms with Crippen LogP contribution in [0.1, 0.15) is 19.3 Å². The van der Waals surface area contributed by atoms with Crippen molar-refractivity contribution in [3.8, 4) is 0 Å². The van der Waals surface area contributed by atoms with Crippen LogP contribution in [0, 0.1) is 0 Å². The summed E-state index contributed by atoms with van der Waals surface area (Å²) < 4.78 is 1.90. The summed E-state index contributed by atoms with van der Waals surface area (Å²) in [5.74, 6) is 0.162. The zero-order chi connectivity index (χ0) is 15.8. The second-order valence-electron chi connectivity index (χ2n) is 6.50. The summed E-state index contributed by atoms with van der Waals surface area (Å²) in [6.45, 7) is 2.19. The van der Waals surface area contributed by atoms with E-state index in [2.05, 4.69) is 10.2 Å². The minimum atomic E-state index is 0.00309. The number of benzene rings is 1. The van der Waals surface area contributed by atoms with Gasteiger partial charge in [0.1, 0.15) is 6.54 Å². The van der Waals surface area contributed by atoms with E-state index in [1.165, 1.54) is 0 Å². The largest absolute Gasteiger partial charge is 0.338 e. The van der Waals surface area contributed by atoms with E-state index in [4.69, 9.17) is 0 Å². The molecule has 5 nitrogen and oxygen atoms in total. The molecule has 4 rings (SSSR count). The molecular formula is C18H21N3O2. The SMILES string of the molecule is O=C(Cn1ccc(=O)c2ccccc21)N1C2CCNCC1CC2. The highest BCUT2D eigenvalue weighted by molar-refractivity contribution is 5.82. The number of hydrogen-bond donors (Lipinski definition) is 1. The number of carbonyl (C=O) groups is 1.